The quantitative estimate of drug-likeness (QED) is 0.606. The van der Waals surface area contributed by atoms with E-state index in [1.54, 1.807) is 12.1 Å². The van der Waals surface area contributed by atoms with E-state index < -0.39 is 11.6 Å². The first-order chi connectivity index (χ1) is 9.54. The van der Waals surface area contributed by atoms with E-state index in [4.69, 9.17) is 16.0 Å². The molecule has 0 radical (unpaired) electrons. The maximum absolute atomic E-state index is 13.8. The average molecular weight is 404 g/mol. The van der Waals surface area contributed by atoms with Gasteiger partial charge in [-0.25, -0.2) is 9.18 Å². The van der Waals surface area contributed by atoms with Crippen LogP contribution in [0, 0.1) is 9.39 Å². The summed E-state index contributed by atoms with van der Waals surface area (Å²) in [7, 11) is 0. The zero-order valence-corrected chi connectivity index (χ0v) is 13.0. The normalized spacial score (nSPS) is 11.2. The Hall–Kier alpha value is -1.34. The topological polar surface area (TPSA) is 35.1 Å². The van der Waals surface area contributed by atoms with Crippen LogP contribution in [-0.2, 0) is 6.54 Å². The number of oxazole rings is 1. The van der Waals surface area contributed by atoms with Gasteiger partial charge < -0.3 is 4.42 Å². The summed E-state index contributed by atoms with van der Waals surface area (Å²) in [5.41, 5.74) is 1.47. The molecule has 0 atom stereocenters. The average Bonchev–Trinajstić information content (AvgIpc) is 2.69. The zero-order valence-electron chi connectivity index (χ0n) is 10.1. The second kappa shape index (κ2) is 5.21. The van der Waals surface area contributed by atoms with E-state index in [1.165, 1.54) is 22.8 Å². The number of hydrogen-bond donors (Lipinski definition) is 0. The molecule has 0 aliphatic rings. The van der Waals surface area contributed by atoms with Crippen LogP contribution in [0.2, 0.25) is 5.02 Å². The van der Waals surface area contributed by atoms with Crippen molar-refractivity contribution in [2.75, 3.05) is 0 Å². The largest absolute Gasteiger partial charge is 0.420 e. The van der Waals surface area contributed by atoms with Crippen molar-refractivity contribution >= 4 is 45.3 Å². The Morgan fingerprint density at radius 2 is 2.05 bits per heavy atom. The van der Waals surface area contributed by atoms with Gasteiger partial charge in [-0.1, -0.05) is 11.6 Å². The summed E-state index contributed by atoms with van der Waals surface area (Å²) in [6.45, 7) is 0.0822. The highest BCUT2D eigenvalue weighted by Crippen LogP contribution is 2.20. The first-order valence-electron chi connectivity index (χ1n) is 5.77. The van der Waals surface area contributed by atoms with E-state index in [1.807, 2.05) is 6.07 Å². The molecule has 2 aromatic carbocycles. The lowest BCUT2D eigenvalue weighted by Gasteiger charge is -2.05. The van der Waals surface area contributed by atoms with E-state index in [0.29, 0.717) is 21.7 Å². The Morgan fingerprint density at radius 3 is 2.85 bits per heavy atom. The Morgan fingerprint density at radius 1 is 1.25 bits per heavy atom. The Kier molecular flexibility index (Phi) is 3.55. The standard InChI is InChI=1S/C14H8ClFINO2/c15-9-1-3-11(16)8(5-9)7-18-12-4-2-10(17)6-13(12)20-14(18)19/h1-6H,7H2. The molecular formula is C14H8ClFINO2. The summed E-state index contributed by atoms with van der Waals surface area (Å²) in [6.07, 6.45) is 0. The molecule has 3 rings (SSSR count). The molecule has 0 amide bonds. The van der Waals surface area contributed by atoms with Crippen LogP contribution in [0.15, 0.2) is 45.6 Å². The summed E-state index contributed by atoms with van der Waals surface area (Å²) >= 11 is 7.99. The number of aromatic nitrogens is 1. The van der Waals surface area contributed by atoms with Gasteiger partial charge in [0.25, 0.3) is 0 Å². The molecule has 0 aliphatic carbocycles. The molecule has 0 bridgehead atoms. The summed E-state index contributed by atoms with van der Waals surface area (Å²) < 4.78 is 21.3. The smallest absolute Gasteiger partial charge is 0.408 e. The maximum Gasteiger partial charge on any atom is 0.420 e. The summed E-state index contributed by atoms with van der Waals surface area (Å²) in [5.74, 6) is -0.914. The molecule has 6 heteroatoms. The number of benzene rings is 2. The number of halogens is 3. The van der Waals surface area contributed by atoms with Crippen molar-refractivity contribution in [2.24, 2.45) is 0 Å². The van der Waals surface area contributed by atoms with Gasteiger partial charge in [0, 0.05) is 14.2 Å². The Bertz CT molecular complexity index is 856. The van der Waals surface area contributed by atoms with Gasteiger partial charge in [-0.3, -0.25) is 4.57 Å². The fourth-order valence-electron chi connectivity index (χ4n) is 2.02. The zero-order chi connectivity index (χ0) is 14.3. The van der Waals surface area contributed by atoms with Crippen LogP contribution >= 0.6 is 34.2 Å². The van der Waals surface area contributed by atoms with E-state index in [-0.39, 0.29) is 6.54 Å². The minimum Gasteiger partial charge on any atom is -0.408 e. The number of hydrogen-bond acceptors (Lipinski definition) is 2. The lowest BCUT2D eigenvalue weighted by molar-refractivity contribution is 0.512. The predicted octanol–water partition coefficient (Wildman–Crippen LogP) is 4.04. The first-order valence-corrected chi connectivity index (χ1v) is 7.23. The van der Waals surface area contributed by atoms with Crippen molar-refractivity contribution in [3.63, 3.8) is 0 Å². The van der Waals surface area contributed by atoms with Crippen molar-refractivity contribution in [2.45, 2.75) is 6.54 Å². The van der Waals surface area contributed by atoms with Crippen LogP contribution in [0.25, 0.3) is 11.1 Å². The minimum absolute atomic E-state index is 0.0822. The molecule has 1 aromatic heterocycles. The van der Waals surface area contributed by atoms with Crippen LogP contribution in [0.4, 0.5) is 4.39 Å². The van der Waals surface area contributed by atoms with Crippen molar-refractivity contribution in [1.29, 1.82) is 0 Å². The molecule has 0 fully saturated rings. The summed E-state index contributed by atoms with van der Waals surface area (Å²) in [5, 5.41) is 0.428. The van der Waals surface area contributed by atoms with Gasteiger partial charge in [-0.2, -0.15) is 0 Å². The van der Waals surface area contributed by atoms with Crippen LogP contribution in [-0.4, -0.2) is 4.57 Å². The summed E-state index contributed by atoms with van der Waals surface area (Å²) in [4.78, 5) is 11.9. The van der Waals surface area contributed by atoms with Crippen molar-refractivity contribution in [1.82, 2.24) is 4.57 Å². The molecule has 0 aliphatic heterocycles. The maximum atomic E-state index is 13.8. The molecule has 3 nitrogen and oxygen atoms in total. The van der Waals surface area contributed by atoms with E-state index in [2.05, 4.69) is 22.6 Å². The van der Waals surface area contributed by atoms with Gasteiger partial charge in [-0.05, 0) is 59.0 Å². The third-order valence-corrected chi connectivity index (χ3v) is 3.87. The van der Waals surface area contributed by atoms with Crippen LogP contribution < -0.4 is 5.76 Å². The number of fused-ring (bicyclic) bond motifs is 1. The lowest BCUT2D eigenvalue weighted by atomic mass is 10.2. The summed E-state index contributed by atoms with van der Waals surface area (Å²) in [6, 6.07) is 9.68. The van der Waals surface area contributed by atoms with E-state index in [9.17, 15) is 9.18 Å². The van der Waals surface area contributed by atoms with Crippen molar-refractivity contribution < 1.29 is 8.81 Å². The Labute approximate surface area is 132 Å². The second-order valence-corrected chi connectivity index (χ2v) is 5.98. The molecule has 102 valence electrons. The molecule has 3 aromatic rings. The van der Waals surface area contributed by atoms with Gasteiger partial charge in [0.15, 0.2) is 5.58 Å². The molecule has 1 heterocycles. The number of nitrogens with zero attached hydrogens (tertiary/aromatic N) is 1. The highest BCUT2D eigenvalue weighted by molar-refractivity contribution is 14.1. The van der Waals surface area contributed by atoms with Gasteiger partial charge in [0.2, 0.25) is 0 Å². The SMILES string of the molecule is O=c1oc2cc(I)ccc2n1Cc1cc(Cl)ccc1F. The minimum atomic E-state index is -0.513. The molecule has 0 saturated carbocycles. The lowest BCUT2D eigenvalue weighted by Crippen LogP contribution is -2.15. The molecular weight excluding hydrogens is 396 g/mol. The third kappa shape index (κ3) is 2.47. The highest BCUT2D eigenvalue weighted by Gasteiger charge is 2.12. The van der Waals surface area contributed by atoms with Crippen molar-refractivity contribution in [3.8, 4) is 0 Å². The van der Waals surface area contributed by atoms with Crippen LogP contribution in [0.3, 0.4) is 0 Å². The fraction of sp³-hybridized carbons (Fsp3) is 0.0714. The molecule has 0 saturated heterocycles. The fourth-order valence-corrected chi connectivity index (χ4v) is 2.68. The monoisotopic (exact) mass is 403 g/mol. The van der Waals surface area contributed by atoms with Crippen molar-refractivity contribution in [3.05, 3.63) is 66.9 Å². The molecule has 20 heavy (non-hydrogen) atoms. The van der Waals surface area contributed by atoms with Gasteiger partial charge in [0.1, 0.15) is 5.82 Å². The van der Waals surface area contributed by atoms with Crippen LogP contribution in [0.5, 0.6) is 0 Å². The molecule has 0 unspecified atom stereocenters. The number of rotatable bonds is 2. The van der Waals surface area contributed by atoms with E-state index in [0.717, 1.165) is 3.57 Å². The third-order valence-electron chi connectivity index (χ3n) is 2.97. The van der Waals surface area contributed by atoms with Gasteiger partial charge >= 0.3 is 5.76 Å². The van der Waals surface area contributed by atoms with E-state index >= 15 is 0 Å². The van der Waals surface area contributed by atoms with Gasteiger partial charge in [0.05, 0.1) is 12.1 Å². The first kappa shape index (κ1) is 13.6. The molecule has 0 N–H and O–H groups in total. The molecule has 0 spiro atoms. The van der Waals surface area contributed by atoms with Crippen LogP contribution in [0.1, 0.15) is 5.56 Å². The predicted molar refractivity (Wildman–Crippen MR) is 83.7 cm³/mol. The second-order valence-electron chi connectivity index (χ2n) is 4.30. The van der Waals surface area contributed by atoms with Gasteiger partial charge in [-0.15, -0.1) is 0 Å². The Balaban J connectivity index is 2.13. The highest BCUT2D eigenvalue weighted by atomic mass is 127.